The first-order valence-corrected chi connectivity index (χ1v) is 6.43. The third-order valence-electron chi connectivity index (χ3n) is 2.29. The number of nitrogens with zero attached hydrogens (tertiary/aromatic N) is 2. The highest BCUT2D eigenvalue weighted by Crippen LogP contribution is 2.19. The van der Waals surface area contributed by atoms with Gasteiger partial charge in [0.15, 0.2) is 5.82 Å². The van der Waals surface area contributed by atoms with Crippen LogP contribution < -0.4 is 4.72 Å². The van der Waals surface area contributed by atoms with Crippen molar-refractivity contribution in [1.82, 2.24) is 15.4 Å². The first kappa shape index (κ1) is 11.6. The Bertz CT molecular complexity index is 620. The molecule has 0 fully saturated rings. The lowest BCUT2D eigenvalue weighted by Gasteiger charge is -2.08. The van der Waals surface area contributed by atoms with Crippen molar-refractivity contribution in [3.63, 3.8) is 0 Å². The van der Waals surface area contributed by atoms with Gasteiger partial charge in [0.05, 0.1) is 11.1 Å². The van der Waals surface area contributed by atoms with Crippen LogP contribution >= 0.6 is 0 Å². The zero-order valence-electron chi connectivity index (χ0n) is 9.43. The van der Waals surface area contributed by atoms with E-state index < -0.39 is 10.0 Å². The minimum absolute atomic E-state index is 0.172. The molecule has 0 atom stereocenters. The van der Waals surface area contributed by atoms with Crippen LogP contribution in [-0.2, 0) is 10.0 Å². The van der Waals surface area contributed by atoms with Gasteiger partial charge in [-0.3, -0.25) is 4.72 Å². The molecule has 0 amide bonds. The van der Waals surface area contributed by atoms with Gasteiger partial charge in [0.25, 0.3) is 10.0 Å². The lowest BCUT2D eigenvalue weighted by Crippen LogP contribution is -2.14. The second-order valence-electron chi connectivity index (χ2n) is 3.73. The van der Waals surface area contributed by atoms with Gasteiger partial charge in [-0.15, -0.1) is 5.10 Å². The lowest BCUT2D eigenvalue weighted by molar-refractivity contribution is 0.600. The molecule has 1 heterocycles. The summed E-state index contributed by atoms with van der Waals surface area (Å²) in [5.41, 5.74) is 1.57. The molecule has 0 bridgehead atoms. The maximum absolute atomic E-state index is 12.1. The van der Waals surface area contributed by atoms with Gasteiger partial charge < -0.3 is 0 Å². The van der Waals surface area contributed by atoms with Gasteiger partial charge in [-0.05, 0) is 31.0 Å². The standard InChI is InChI=1S/C10H12N4O2S/c1-7-3-4-8(2)9(5-7)17(15,16)13-10-6-11-14-12-10/h3-6H,1-2H3,(H2,11,12,13,14). The number of nitrogens with one attached hydrogen (secondary N) is 2. The van der Waals surface area contributed by atoms with Crippen molar-refractivity contribution >= 4 is 15.8 Å². The quantitative estimate of drug-likeness (QED) is 0.859. The van der Waals surface area contributed by atoms with Crippen LogP contribution in [0.4, 0.5) is 5.82 Å². The van der Waals surface area contributed by atoms with Crippen molar-refractivity contribution in [2.45, 2.75) is 18.7 Å². The maximum Gasteiger partial charge on any atom is 0.263 e. The molecule has 0 aliphatic carbocycles. The van der Waals surface area contributed by atoms with E-state index in [9.17, 15) is 8.42 Å². The number of aromatic nitrogens is 3. The molecule has 2 rings (SSSR count). The monoisotopic (exact) mass is 252 g/mol. The minimum Gasteiger partial charge on any atom is -0.261 e. The largest absolute Gasteiger partial charge is 0.263 e. The minimum atomic E-state index is -3.61. The number of rotatable bonds is 3. The molecule has 0 aliphatic rings. The maximum atomic E-state index is 12.1. The van der Waals surface area contributed by atoms with E-state index >= 15 is 0 Å². The van der Waals surface area contributed by atoms with E-state index in [4.69, 9.17) is 0 Å². The second kappa shape index (κ2) is 4.17. The van der Waals surface area contributed by atoms with Gasteiger partial charge in [-0.25, -0.2) is 8.42 Å². The molecule has 0 unspecified atom stereocenters. The van der Waals surface area contributed by atoms with Crippen LogP contribution in [-0.4, -0.2) is 23.8 Å². The Kier molecular flexibility index (Phi) is 2.84. The molecule has 0 radical (unpaired) electrons. The van der Waals surface area contributed by atoms with Crippen molar-refractivity contribution in [3.8, 4) is 0 Å². The van der Waals surface area contributed by atoms with Crippen LogP contribution in [0.2, 0.25) is 0 Å². The van der Waals surface area contributed by atoms with Crippen molar-refractivity contribution in [2.75, 3.05) is 4.72 Å². The summed E-state index contributed by atoms with van der Waals surface area (Å²) in [7, 11) is -3.61. The average molecular weight is 252 g/mol. The molecule has 0 spiro atoms. The number of benzene rings is 1. The Morgan fingerprint density at radius 2 is 2.06 bits per heavy atom. The third-order valence-corrected chi connectivity index (χ3v) is 3.78. The fourth-order valence-electron chi connectivity index (χ4n) is 1.44. The van der Waals surface area contributed by atoms with E-state index in [2.05, 4.69) is 20.1 Å². The fourth-order valence-corrected chi connectivity index (χ4v) is 2.76. The number of aromatic amines is 1. The zero-order chi connectivity index (χ0) is 12.5. The van der Waals surface area contributed by atoms with Gasteiger partial charge in [-0.1, -0.05) is 12.1 Å². The highest BCUT2D eigenvalue weighted by molar-refractivity contribution is 7.92. The number of aryl methyl sites for hydroxylation is 2. The van der Waals surface area contributed by atoms with E-state index in [1.807, 2.05) is 13.0 Å². The lowest BCUT2D eigenvalue weighted by atomic mass is 10.2. The van der Waals surface area contributed by atoms with E-state index in [1.54, 1.807) is 19.1 Å². The van der Waals surface area contributed by atoms with Crippen molar-refractivity contribution in [3.05, 3.63) is 35.5 Å². The topological polar surface area (TPSA) is 87.7 Å². The van der Waals surface area contributed by atoms with Gasteiger partial charge in [0.2, 0.25) is 0 Å². The highest BCUT2D eigenvalue weighted by Gasteiger charge is 2.17. The summed E-state index contributed by atoms with van der Waals surface area (Å²) in [6, 6.07) is 5.26. The predicted octanol–water partition coefficient (Wildman–Crippen LogP) is 1.22. The molecular formula is C10H12N4O2S. The van der Waals surface area contributed by atoms with Crippen LogP contribution in [0, 0.1) is 13.8 Å². The van der Waals surface area contributed by atoms with Crippen LogP contribution in [0.3, 0.4) is 0 Å². The van der Waals surface area contributed by atoms with Crippen LogP contribution in [0.25, 0.3) is 0 Å². The Labute approximate surface area is 99.1 Å². The molecule has 1 aromatic carbocycles. The normalized spacial score (nSPS) is 11.4. The van der Waals surface area contributed by atoms with Crippen molar-refractivity contribution in [1.29, 1.82) is 0 Å². The van der Waals surface area contributed by atoms with E-state index in [-0.39, 0.29) is 10.7 Å². The predicted molar refractivity (Wildman–Crippen MR) is 63.1 cm³/mol. The summed E-state index contributed by atoms with van der Waals surface area (Å²) in [6.45, 7) is 3.59. The summed E-state index contributed by atoms with van der Waals surface area (Å²) in [4.78, 5) is 0.250. The molecule has 2 N–H and O–H groups in total. The Hall–Kier alpha value is -1.89. The van der Waals surface area contributed by atoms with Crippen molar-refractivity contribution in [2.24, 2.45) is 0 Å². The second-order valence-corrected chi connectivity index (χ2v) is 5.38. The van der Waals surface area contributed by atoms with Crippen molar-refractivity contribution < 1.29 is 8.42 Å². The van der Waals surface area contributed by atoms with Gasteiger partial charge in [-0.2, -0.15) is 10.3 Å². The summed E-state index contributed by atoms with van der Waals surface area (Å²) in [5.74, 6) is 0.172. The summed E-state index contributed by atoms with van der Waals surface area (Å²) in [5, 5.41) is 9.53. The number of anilines is 1. The van der Waals surface area contributed by atoms with Crippen LogP contribution in [0.5, 0.6) is 0 Å². The average Bonchev–Trinajstić information content (AvgIpc) is 2.73. The fraction of sp³-hybridized carbons (Fsp3) is 0.200. The van der Waals surface area contributed by atoms with Crippen LogP contribution in [0.15, 0.2) is 29.3 Å². The number of hydrogen-bond acceptors (Lipinski definition) is 4. The molecule has 0 saturated heterocycles. The SMILES string of the molecule is Cc1ccc(C)c(S(=O)(=O)Nc2cn[nH]n2)c1. The Morgan fingerprint density at radius 1 is 1.29 bits per heavy atom. The molecule has 17 heavy (non-hydrogen) atoms. The van der Waals surface area contributed by atoms with E-state index in [0.29, 0.717) is 5.56 Å². The first-order valence-electron chi connectivity index (χ1n) is 4.95. The molecule has 6 nitrogen and oxygen atoms in total. The summed E-state index contributed by atoms with van der Waals surface area (Å²) >= 11 is 0. The molecule has 0 saturated carbocycles. The highest BCUT2D eigenvalue weighted by atomic mass is 32.2. The summed E-state index contributed by atoms with van der Waals surface area (Å²) < 4.78 is 26.5. The Morgan fingerprint density at radius 3 is 2.71 bits per heavy atom. The Balaban J connectivity index is 2.41. The molecule has 0 aliphatic heterocycles. The molecule has 90 valence electrons. The molecular weight excluding hydrogens is 240 g/mol. The smallest absolute Gasteiger partial charge is 0.261 e. The zero-order valence-corrected chi connectivity index (χ0v) is 10.2. The number of sulfonamides is 1. The van der Waals surface area contributed by atoms with E-state index in [1.165, 1.54) is 6.20 Å². The summed E-state index contributed by atoms with van der Waals surface area (Å²) in [6.07, 6.45) is 1.31. The van der Waals surface area contributed by atoms with Crippen LogP contribution in [0.1, 0.15) is 11.1 Å². The van der Waals surface area contributed by atoms with Gasteiger partial charge >= 0.3 is 0 Å². The van der Waals surface area contributed by atoms with Gasteiger partial charge in [0.1, 0.15) is 0 Å². The molecule has 1 aromatic heterocycles. The van der Waals surface area contributed by atoms with E-state index in [0.717, 1.165) is 5.56 Å². The van der Waals surface area contributed by atoms with Gasteiger partial charge in [0, 0.05) is 0 Å². The molecule has 2 aromatic rings. The first-order chi connectivity index (χ1) is 7.99. The number of H-pyrrole nitrogens is 1. The number of hydrogen-bond donors (Lipinski definition) is 2. The molecule has 7 heteroatoms. The third kappa shape index (κ3) is 2.44.